The zero-order valence-electron chi connectivity index (χ0n) is 11.1. The third-order valence-corrected chi connectivity index (χ3v) is 5.16. The van der Waals surface area contributed by atoms with Gasteiger partial charge in [0.15, 0.2) is 0 Å². The topological polar surface area (TPSA) is 103 Å². The summed E-state index contributed by atoms with van der Waals surface area (Å²) in [5, 5.41) is -0.898. The molecule has 0 bridgehead atoms. The molecule has 1 aliphatic rings. The number of hydrogen-bond donors (Lipinski definition) is 1. The van der Waals surface area contributed by atoms with Crippen LogP contribution in [0, 0.1) is 11.8 Å². The SMILES string of the molecule is CC1CC(S(=O)(=O)[O-])CC(C)C1NS(C)(=O)=O.[K+]. The zero-order chi connectivity index (χ0) is 13.4. The monoisotopic (exact) mass is 323 g/mol. The van der Waals surface area contributed by atoms with Gasteiger partial charge in [-0.15, -0.1) is 0 Å². The van der Waals surface area contributed by atoms with Crippen molar-refractivity contribution in [2.45, 2.75) is 38.0 Å². The molecule has 2 atom stereocenters. The van der Waals surface area contributed by atoms with E-state index in [-0.39, 0.29) is 82.1 Å². The molecule has 6 nitrogen and oxygen atoms in total. The molecule has 0 aromatic heterocycles. The van der Waals surface area contributed by atoms with E-state index in [0.717, 1.165) is 6.26 Å². The summed E-state index contributed by atoms with van der Waals surface area (Å²) >= 11 is 0. The predicted molar refractivity (Wildman–Crippen MR) is 62.8 cm³/mol. The summed E-state index contributed by atoms with van der Waals surface area (Å²) in [6.07, 6.45) is 1.50. The fourth-order valence-corrected chi connectivity index (χ4v) is 4.53. The average Bonchev–Trinajstić information content (AvgIpc) is 2.07. The van der Waals surface area contributed by atoms with Crippen LogP contribution in [0.4, 0.5) is 0 Å². The second-order valence-corrected chi connectivity index (χ2v) is 8.39. The minimum atomic E-state index is -4.29. The first-order valence-corrected chi connectivity index (χ1v) is 8.79. The van der Waals surface area contributed by atoms with Crippen molar-refractivity contribution < 1.29 is 72.8 Å². The molecule has 0 amide bonds. The van der Waals surface area contributed by atoms with Crippen molar-refractivity contribution in [3.63, 3.8) is 0 Å². The van der Waals surface area contributed by atoms with Gasteiger partial charge in [0.1, 0.15) is 0 Å². The van der Waals surface area contributed by atoms with Gasteiger partial charge >= 0.3 is 51.4 Å². The standard InChI is InChI=1S/C9H19NO5S2.K/c1-6-4-8(17(13,14)15)5-7(2)9(6)10-16(3,11)12;/h6-10H,4-5H2,1-3H3,(H,13,14,15);/q;+1/p-1. The van der Waals surface area contributed by atoms with Gasteiger partial charge in [-0.25, -0.2) is 21.6 Å². The fourth-order valence-electron chi connectivity index (χ4n) is 2.49. The second kappa shape index (κ2) is 6.95. The van der Waals surface area contributed by atoms with Gasteiger partial charge in [-0.1, -0.05) is 13.8 Å². The summed E-state index contributed by atoms with van der Waals surface area (Å²) in [7, 11) is -7.61. The summed E-state index contributed by atoms with van der Waals surface area (Å²) in [6.45, 7) is 3.52. The van der Waals surface area contributed by atoms with E-state index in [9.17, 15) is 21.4 Å². The Bertz CT molecular complexity index is 463. The van der Waals surface area contributed by atoms with Crippen molar-refractivity contribution in [3.05, 3.63) is 0 Å². The van der Waals surface area contributed by atoms with Gasteiger partial charge in [0.2, 0.25) is 10.0 Å². The molecular weight excluding hydrogens is 305 g/mol. The molecule has 0 aliphatic heterocycles. The fraction of sp³-hybridized carbons (Fsp3) is 1.00. The summed E-state index contributed by atoms with van der Waals surface area (Å²) in [5.74, 6) is -0.329. The van der Waals surface area contributed by atoms with E-state index in [4.69, 9.17) is 0 Å². The Morgan fingerprint density at radius 1 is 1.06 bits per heavy atom. The Balaban J connectivity index is 0.00000289. The largest absolute Gasteiger partial charge is 1.00 e. The van der Waals surface area contributed by atoms with Crippen molar-refractivity contribution in [1.29, 1.82) is 0 Å². The van der Waals surface area contributed by atoms with E-state index < -0.39 is 25.4 Å². The van der Waals surface area contributed by atoms with Crippen LogP contribution in [0.5, 0.6) is 0 Å². The van der Waals surface area contributed by atoms with E-state index in [2.05, 4.69) is 4.72 Å². The van der Waals surface area contributed by atoms with Crippen LogP contribution in [0.25, 0.3) is 0 Å². The van der Waals surface area contributed by atoms with Crippen LogP contribution < -0.4 is 56.1 Å². The summed E-state index contributed by atoms with van der Waals surface area (Å²) in [6, 6.07) is -0.303. The van der Waals surface area contributed by atoms with E-state index in [1.165, 1.54) is 0 Å². The molecule has 1 aliphatic carbocycles. The van der Waals surface area contributed by atoms with Crippen LogP contribution in [-0.4, -0.2) is 38.9 Å². The maximum absolute atomic E-state index is 11.2. The van der Waals surface area contributed by atoms with Crippen LogP contribution in [0.15, 0.2) is 0 Å². The van der Waals surface area contributed by atoms with E-state index in [1.807, 2.05) is 0 Å². The summed E-state index contributed by atoms with van der Waals surface area (Å²) in [4.78, 5) is 0. The van der Waals surface area contributed by atoms with Crippen LogP contribution in [0.2, 0.25) is 0 Å². The van der Waals surface area contributed by atoms with Crippen molar-refractivity contribution in [3.8, 4) is 0 Å². The molecule has 0 heterocycles. The number of sulfonamides is 1. The smallest absolute Gasteiger partial charge is 0.748 e. The molecule has 102 valence electrons. The Morgan fingerprint density at radius 2 is 1.44 bits per heavy atom. The van der Waals surface area contributed by atoms with Gasteiger partial charge in [-0.05, 0) is 24.7 Å². The Labute approximate surface area is 152 Å². The second-order valence-electron chi connectivity index (χ2n) is 4.96. The van der Waals surface area contributed by atoms with Crippen LogP contribution in [-0.2, 0) is 20.1 Å². The van der Waals surface area contributed by atoms with Gasteiger partial charge in [0.05, 0.1) is 21.6 Å². The molecule has 0 aromatic carbocycles. The first kappa shape index (κ1) is 19.5. The maximum Gasteiger partial charge on any atom is 1.00 e. The van der Waals surface area contributed by atoms with Crippen LogP contribution in [0.3, 0.4) is 0 Å². The first-order chi connectivity index (χ1) is 7.50. The van der Waals surface area contributed by atoms with Gasteiger partial charge in [-0.3, -0.25) is 0 Å². The summed E-state index contributed by atoms with van der Waals surface area (Å²) < 4.78 is 57.8. The number of nitrogens with one attached hydrogen (secondary N) is 1. The Hall–Kier alpha value is 1.46. The Morgan fingerprint density at radius 3 is 1.72 bits per heavy atom. The molecule has 9 heteroatoms. The molecule has 0 radical (unpaired) electrons. The van der Waals surface area contributed by atoms with Gasteiger partial charge in [-0.2, -0.15) is 0 Å². The van der Waals surface area contributed by atoms with Crippen molar-refractivity contribution in [2.24, 2.45) is 11.8 Å². The van der Waals surface area contributed by atoms with Crippen molar-refractivity contribution >= 4 is 20.1 Å². The van der Waals surface area contributed by atoms with Crippen LogP contribution in [0.1, 0.15) is 26.7 Å². The predicted octanol–water partition coefficient (Wildman–Crippen LogP) is -3.11. The summed E-state index contributed by atoms with van der Waals surface area (Å²) in [5.41, 5.74) is 0. The van der Waals surface area contributed by atoms with Gasteiger partial charge in [0, 0.05) is 6.04 Å². The van der Waals surface area contributed by atoms with Crippen molar-refractivity contribution in [2.75, 3.05) is 6.26 Å². The number of hydrogen-bond acceptors (Lipinski definition) is 5. The molecule has 0 spiro atoms. The maximum atomic E-state index is 11.2. The molecule has 0 saturated heterocycles. The normalized spacial score (nSPS) is 33.8. The van der Waals surface area contributed by atoms with E-state index in [0.29, 0.717) is 0 Å². The quantitative estimate of drug-likeness (QED) is 0.437. The third kappa shape index (κ3) is 5.84. The molecular formula is C9H18KNO5S2. The van der Waals surface area contributed by atoms with Crippen LogP contribution >= 0.6 is 0 Å². The molecule has 2 unspecified atom stereocenters. The third-order valence-electron chi connectivity index (χ3n) is 3.25. The number of rotatable bonds is 3. The first-order valence-electron chi connectivity index (χ1n) is 5.42. The van der Waals surface area contributed by atoms with E-state index >= 15 is 0 Å². The minimum Gasteiger partial charge on any atom is -0.748 e. The molecule has 1 rings (SSSR count). The van der Waals surface area contributed by atoms with E-state index in [1.54, 1.807) is 13.8 Å². The van der Waals surface area contributed by atoms with Gasteiger partial charge in [0.25, 0.3) is 0 Å². The zero-order valence-corrected chi connectivity index (χ0v) is 15.8. The molecule has 18 heavy (non-hydrogen) atoms. The molecule has 1 fully saturated rings. The van der Waals surface area contributed by atoms with Crippen molar-refractivity contribution in [1.82, 2.24) is 4.72 Å². The molecule has 0 aromatic rings. The average molecular weight is 323 g/mol. The molecule has 1 N–H and O–H groups in total. The Kier molecular flexibility index (Phi) is 7.51. The molecule has 1 saturated carbocycles. The minimum absolute atomic E-state index is 0. The van der Waals surface area contributed by atoms with Gasteiger partial charge < -0.3 is 4.55 Å².